The van der Waals surface area contributed by atoms with Crippen molar-refractivity contribution in [2.45, 2.75) is 25.4 Å². The lowest BCUT2D eigenvalue weighted by molar-refractivity contribution is -0.144. The third kappa shape index (κ3) is 4.72. The summed E-state index contributed by atoms with van der Waals surface area (Å²) in [7, 11) is 0. The number of ether oxygens (including phenoxy) is 1. The average Bonchev–Trinajstić information content (AvgIpc) is 2.79. The van der Waals surface area contributed by atoms with Crippen LogP contribution in [-0.2, 0) is 14.9 Å². The number of aromatic nitrogens is 2. The minimum Gasteiger partial charge on any atom is -0.368 e. The summed E-state index contributed by atoms with van der Waals surface area (Å²) in [6, 6.07) is 17.5. The van der Waals surface area contributed by atoms with Gasteiger partial charge in [0.05, 0.1) is 24.3 Å². The number of hydrogen-bond donors (Lipinski definition) is 1. The van der Waals surface area contributed by atoms with Crippen LogP contribution in [0.25, 0.3) is 0 Å². The number of amides is 1. The van der Waals surface area contributed by atoms with Crippen LogP contribution >= 0.6 is 0 Å². The lowest BCUT2D eigenvalue weighted by Crippen LogP contribution is -2.49. The predicted octanol–water partition coefficient (Wildman–Crippen LogP) is 4.24. The van der Waals surface area contributed by atoms with Crippen molar-refractivity contribution in [3.63, 3.8) is 0 Å². The van der Waals surface area contributed by atoms with E-state index in [9.17, 15) is 9.18 Å². The zero-order valence-corrected chi connectivity index (χ0v) is 17.6. The van der Waals surface area contributed by atoms with Gasteiger partial charge in [-0.1, -0.05) is 24.3 Å². The summed E-state index contributed by atoms with van der Waals surface area (Å²) in [6.45, 7) is 4.93. The van der Waals surface area contributed by atoms with Gasteiger partial charge in [-0.3, -0.25) is 4.79 Å². The molecule has 1 fully saturated rings. The molecule has 7 heteroatoms. The van der Waals surface area contributed by atoms with Gasteiger partial charge in [0.15, 0.2) is 0 Å². The molecule has 0 bridgehead atoms. The lowest BCUT2D eigenvalue weighted by Gasteiger charge is -2.37. The van der Waals surface area contributed by atoms with Gasteiger partial charge in [-0.05, 0) is 55.8 Å². The number of pyridine rings is 2. The fraction of sp³-hybridized carbons (Fsp3) is 0.292. The molecule has 1 atom stereocenters. The largest absolute Gasteiger partial charge is 0.368 e. The third-order valence-corrected chi connectivity index (χ3v) is 5.46. The standard InChI is InChI=1S/C24H25FN4O2/c1-24(2,17-7-5-8-18(25)15-17)23(30)29-13-14-31-20(16-29)19-9-6-11-22(27-19)28-21-10-3-4-12-26-21/h3-12,15,20H,13-14,16H2,1-2H3,(H,26,27,28). The first kappa shape index (κ1) is 20.9. The van der Waals surface area contributed by atoms with E-state index in [1.165, 1.54) is 12.1 Å². The fourth-order valence-corrected chi connectivity index (χ4v) is 3.68. The normalized spacial score (nSPS) is 16.7. The number of nitrogens with zero attached hydrogens (tertiary/aromatic N) is 3. The van der Waals surface area contributed by atoms with Crippen LogP contribution in [0.1, 0.15) is 31.2 Å². The second-order valence-corrected chi connectivity index (χ2v) is 8.03. The Balaban J connectivity index is 1.49. The summed E-state index contributed by atoms with van der Waals surface area (Å²) < 4.78 is 19.6. The second-order valence-electron chi connectivity index (χ2n) is 8.03. The van der Waals surface area contributed by atoms with Crippen LogP contribution in [0.5, 0.6) is 0 Å². The molecule has 1 aromatic carbocycles. The van der Waals surface area contributed by atoms with E-state index in [1.54, 1.807) is 23.2 Å². The highest BCUT2D eigenvalue weighted by Gasteiger charge is 2.37. The summed E-state index contributed by atoms with van der Waals surface area (Å²) in [5.41, 5.74) is 0.544. The summed E-state index contributed by atoms with van der Waals surface area (Å²) in [6.07, 6.45) is 1.37. The summed E-state index contributed by atoms with van der Waals surface area (Å²) in [5.74, 6) is 0.947. The molecule has 4 rings (SSSR count). The number of morpholine rings is 1. The van der Waals surface area contributed by atoms with E-state index in [-0.39, 0.29) is 17.8 Å². The average molecular weight is 420 g/mol. The Morgan fingerprint density at radius 1 is 1.13 bits per heavy atom. The van der Waals surface area contributed by atoms with Crippen LogP contribution in [0.4, 0.5) is 16.0 Å². The number of benzene rings is 1. The quantitative estimate of drug-likeness (QED) is 0.669. The molecule has 1 saturated heterocycles. The van der Waals surface area contributed by atoms with Gasteiger partial charge >= 0.3 is 0 Å². The molecular weight excluding hydrogens is 395 g/mol. The van der Waals surface area contributed by atoms with E-state index >= 15 is 0 Å². The monoisotopic (exact) mass is 420 g/mol. The highest BCUT2D eigenvalue weighted by atomic mass is 19.1. The molecule has 3 aromatic rings. The van der Waals surface area contributed by atoms with E-state index in [0.717, 1.165) is 5.69 Å². The van der Waals surface area contributed by atoms with Crippen molar-refractivity contribution in [2.75, 3.05) is 25.0 Å². The van der Waals surface area contributed by atoms with E-state index in [1.807, 2.05) is 50.2 Å². The molecule has 31 heavy (non-hydrogen) atoms. The number of hydrogen-bond acceptors (Lipinski definition) is 5. The van der Waals surface area contributed by atoms with Crippen molar-refractivity contribution in [3.05, 3.63) is 83.9 Å². The molecule has 1 unspecified atom stereocenters. The number of anilines is 2. The van der Waals surface area contributed by atoms with Gasteiger partial charge in [-0.2, -0.15) is 0 Å². The van der Waals surface area contributed by atoms with Gasteiger partial charge in [-0.25, -0.2) is 14.4 Å². The maximum Gasteiger partial charge on any atom is 0.232 e. The van der Waals surface area contributed by atoms with Crippen LogP contribution in [-0.4, -0.2) is 40.5 Å². The molecule has 1 aliphatic rings. The SMILES string of the molecule is CC(C)(C(=O)N1CCOC(c2cccc(Nc3ccccn3)n2)C1)c1cccc(F)c1. The van der Waals surface area contributed by atoms with Crippen LogP contribution in [0.2, 0.25) is 0 Å². The van der Waals surface area contributed by atoms with Crippen molar-refractivity contribution < 1.29 is 13.9 Å². The number of carbonyl (C=O) groups is 1. The van der Waals surface area contributed by atoms with Crippen LogP contribution in [0.3, 0.4) is 0 Å². The molecule has 1 N–H and O–H groups in total. The van der Waals surface area contributed by atoms with Gasteiger partial charge in [0.1, 0.15) is 23.6 Å². The Bertz CT molecular complexity index is 1060. The molecule has 160 valence electrons. The Morgan fingerprint density at radius 2 is 1.94 bits per heavy atom. The molecule has 6 nitrogen and oxygen atoms in total. The van der Waals surface area contributed by atoms with Gasteiger partial charge in [0.2, 0.25) is 5.91 Å². The van der Waals surface area contributed by atoms with Crippen molar-refractivity contribution >= 4 is 17.5 Å². The molecule has 1 aliphatic heterocycles. The van der Waals surface area contributed by atoms with Gasteiger partial charge in [0, 0.05) is 12.7 Å². The number of carbonyl (C=O) groups excluding carboxylic acids is 1. The topological polar surface area (TPSA) is 67.3 Å². The van der Waals surface area contributed by atoms with Gasteiger partial charge < -0.3 is 15.0 Å². The first-order chi connectivity index (χ1) is 14.9. The predicted molar refractivity (Wildman–Crippen MR) is 116 cm³/mol. The number of rotatable bonds is 5. The van der Waals surface area contributed by atoms with E-state index in [0.29, 0.717) is 36.9 Å². The minimum absolute atomic E-state index is 0.0610. The van der Waals surface area contributed by atoms with Gasteiger partial charge in [-0.15, -0.1) is 0 Å². The summed E-state index contributed by atoms with van der Waals surface area (Å²) in [5, 5.41) is 3.17. The maximum absolute atomic E-state index is 13.7. The molecule has 3 heterocycles. The van der Waals surface area contributed by atoms with Gasteiger partial charge in [0.25, 0.3) is 0 Å². The molecule has 0 radical (unpaired) electrons. The second kappa shape index (κ2) is 8.81. The molecule has 0 aliphatic carbocycles. The molecule has 2 aromatic heterocycles. The third-order valence-electron chi connectivity index (χ3n) is 5.46. The van der Waals surface area contributed by atoms with E-state index < -0.39 is 5.41 Å². The Hall–Kier alpha value is -3.32. The fourth-order valence-electron chi connectivity index (χ4n) is 3.68. The van der Waals surface area contributed by atoms with Crippen LogP contribution < -0.4 is 5.32 Å². The number of halogens is 1. The molecule has 0 spiro atoms. The lowest BCUT2D eigenvalue weighted by atomic mass is 9.83. The van der Waals surface area contributed by atoms with Crippen molar-refractivity contribution in [2.24, 2.45) is 0 Å². The highest BCUT2D eigenvalue weighted by molar-refractivity contribution is 5.87. The molecular formula is C24H25FN4O2. The van der Waals surface area contributed by atoms with Crippen molar-refractivity contribution in [1.29, 1.82) is 0 Å². The number of nitrogens with one attached hydrogen (secondary N) is 1. The van der Waals surface area contributed by atoms with E-state index in [4.69, 9.17) is 4.74 Å². The molecule has 0 saturated carbocycles. The summed E-state index contributed by atoms with van der Waals surface area (Å²) in [4.78, 5) is 24.0. The zero-order chi connectivity index (χ0) is 21.8. The molecule has 1 amide bonds. The highest BCUT2D eigenvalue weighted by Crippen LogP contribution is 2.30. The first-order valence-corrected chi connectivity index (χ1v) is 10.3. The smallest absolute Gasteiger partial charge is 0.232 e. The Morgan fingerprint density at radius 3 is 2.71 bits per heavy atom. The van der Waals surface area contributed by atoms with Crippen LogP contribution in [0, 0.1) is 5.82 Å². The Labute approximate surface area is 181 Å². The van der Waals surface area contributed by atoms with Crippen LogP contribution in [0.15, 0.2) is 66.9 Å². The summed E-state index contributed by atoms with van der Waals surface area (Å²) >= 11 is 0. The van der Waals surface area contributed by atoms with Crippen molar-refractivity contribution in [3.8, 4) is 0 Å². The minimum atomic E-state index is -0.847. The Kier molecular flexibility index (Phi) is 5.95. The maximum atomic E-state index is 13.7. The zero-order valence-electron chi connectivity index (χ0n) is 17.6. The van der Waals surface area contributed by atoms with Crippen molar-refractivity contribution in [1.82, 2.24) is 14.9 Å². The van der Waals surface area contributed by atoms with E-state index in [2.05, 4.69) is 15.3 Å². The first-order valence-electron chi connectivity index (χ1n) is 10.3.